The molecule has 3 nitrogen and oxygen atoms in total. The zero-order valence-electron chi connectivity index (χ0n) is 11.3. The third-order valence-corrected chi connectivity index (χ3v) is 4.09. The SMILES string of the molecule is CC(C)CN1CCN(Cc2cccs2)CCC1=O. The molecule has 1 aromatic heterocycles. The molecule has 0 aliphatic carbocycles. The van der Waals surface area contributed by atoms with Gasteiger partial charge in [0, 0.05) is 44.0 Å². The fourth-order valence-corrected chi connectivity index (χ4v) is 3.07. The Morgan fingerprint density at radius 1 is 1.33 bits per heavy atom. The van der Waals surface area contributed by atoms with E-state index in [4.69, 9.17) is 0 Å². The van der Waals surface area contributed by atoms with E-state index in [-0.39, 0.29) is 0 Å². The lowest BCUT2D eigenvalue weighted by Crippen LogP contribution is -2.35. The molecule has 1 fully saturated rings. The Hall–Kier alpha value is -0.870. The van der Waals surface area contributed by atoms with Crippen LogP contribution >= 0.6 is 11.3 Å². The Kier molecular flexibility index (Phi) is 4.78. The third kappa shape index (κ3) is 3.82. The molecule has 100 valence electrons. The number of hydrogen-bond acceptors (Lipinski definition) is 3. The number of hydrogen-bond donors (Lipinski definition) is 0. The van der Waals surface area contributed by atoms with Crippen molar-refractivity contribution in [3.05, 3.63) is 22.4 Å². The van der Waals surface area contributed by atoms with Crippen LogP contribution in [0.15, 0.2) is 17.5 Å². The van der Waals surface area contributed by atoms with E-state index in [9.17, 15) is 4.79 Å². The van der Waals surface area contributed by atoms with Gasteiger partial charge in [-0.15, -0.1) is 11.3 Å². The van der Waals surface area contributed by atoms with Gasteiger partial charge in [0.15, 0.2) is 0 Å². The van der Waals surface area contributed by atoms with Crippen LogP contribution < -0.4 is 0 Å². The molecule has 2 rings (SSSR count). The van der Waals surface area contributed by atoms with E-state index >= 15 is 0 Å². The molecule has 0 radical (unpaired) electrons. The van der Waals surface area contributed by atoms with Gasteiger partial charge >= 0.3 is 0 Å². The van der Waals surface area contributed by atoms with Crippen molar-refractivity contribution in [2.24, 2.45) is 5.92 Å². The minimum atomic E-state index is 0.317. The smallest absolute Gasteiger partial charge is 0.223 e. The van der Waals surface area contributed by atoms with Crippen LogP contribution in [-0.2, 0) is 11.3 Å². The van der Waals surface area contributed by atoms with Crippen LogP contribution in [0.2, 0.25) is 0 Å². The molecule has 2 heterocycles. The molecule has 1 aliphatic heterocycles. The summed E-state index contributed by atoms with van der Waals surface area (Å²) in [6.45, 7) is 8.99. The van der Waals surface area contributed by atoms with Crippen molar-refractivity contribution in [3.63, 3.8) is 0 Å². The summed E-state index contributed by atoms with van der Waals surface area (Å²) in [7, 11) is 0. The minimum absolute atomic E-state index is 0.317. The van der Waals surface area contributed by atoms with Crippen molar-refractivity contribution in [2.45, 2.75) is 26.8 Å². The molecule has 0 aromatic carbocycles. The Labute approximate surface area is 113 Å². The Balaban J connectivity index is 1.89. The lowest BCUT2D eigenvalue weighted by Gasteiger charge is -2.23. The third-order valence-electron chi connectivity index (χ3n) is 3.23. The maximum absolute atomic E-state index is 12.0. The number of thiophene rings is 1. The van der Waals surface area contributed by atoms with Crippen molar-refractivity contribution >= 4 is 17.2 Å². The van der Waals surface area contributed by atoms with Crippen molar-refractivity contribution in [1.29, 1.82) is 0 Å². The highest BCUT2D eigenvalue weighted by Gasteiger charge is 2.21. The predicted molar refractivity (Wildman–Crippen MR) is 75.6 cm³/mol. The lowest BCUT2D eigenvalue weighted by atomic mass is 10.2. The minimum Gasteiger partial charge on any atom is -0.341 e. The molecular weight excluding hydrogens is 244 g/mol. The first-order valence-electron chi connectivity index (χ1n) is 6.67. The summed E-state index contributed by atoms with van der Waals surface area (Å²) in [6.07, 6.45) is 0.665. The average Bonchev–Trinajstić information content (AvgIpc) is 2.76. The molecule has 1 amide bonds. The first-order chi connectivity index (χ1) is 8.65. The number of rotatable bonds is 4. The summed E-state index contributed by atoms with van der Waals surface area (Å²) in [5.74, 6) is 0.871. The largest absolute Gasteiger partial charge is 0.341 e. The van der Waals surface area contributed by atoms with Crippen LogP contribution in [0.1, 0.15) is 25.1 Å². The predicted octanol–water partition coefficient (Wildman–Crippen LogP) is 2.44. The lowest BCUT2D eigenvalue weighted by molar-refractivity contribution is -0.130. The van der Waals surface area contributed by atoms with E-state index in [0.717, 1.165) is 32.7 Å². The molecular formula is C14H22N2OS. The van der Waals surface area contributed by atoms with Crippen LogP contribution in [0.25, 0.3) is 0 Å². The van der Waals surface area contributed by atoms with Crippen molar-refractivity contribution in [1.82, 2.24) is 9.80 Å². The normalized spacial score (nSPS) is 18.4. The summed E-state index contributed by atoms with van der Waals surface area (Å²) in [6, 6.07) is 4.26. The second kappa shape index (κ2) is 6.34. The van der Waals surface area contributed by atoms with Gasteiger partial charge in [-0.2, -0.15) is 0 Å². The van der Waals surface area contributed by atoms with Gasteiger partial charge < -0.3 is 4.90 Å². The summed E-state index contributed by atoms with van der Waals surface area (Å²) < 4.78 is 0. The summed E-state index contributed by atoms with van der Waals surface area (Å²) >= 11 is 1.80. The van der Waals surface area contributed by atoms with Gasteiger partial charge in [0.1, 0.15) is 0 Å². The Morgan fingerprint density at radius 3 is 2.83 bits per heavy atom. The molecule has 0 atom stereocenters. The molecule has 0 N–H and O–H groups in total. The van der Waals surface area contributed by atoms with E-state index < -0.39 is 0 Å². The molecule has 0 bridgehead atoms. The second-order valence-electron chi connectivity index (χ2n) is 5.34. The molecule has 1 aliphatic rings. The fourth-order valence-electron chi connectivity index (χ4n) is 2.33. The average molecular weight is 266 g/mol. The van der Waals surface area contributed by atoms with E-state index in [1.165, 1.54) is 4.88 Å². The molecule has 0 spiro atoms. The maximum Gasteiger partial charge on any atom is 0.223 e. The van der Waals surface area contributed by atoms with Gasteiger partial charge in [-0.3, -0.25) is 9.69 Å². The molecule has 4 heteroatoms. The van der Waals surface area contributed by atoms with E-state index in [0.29, 0.717) is 18.2 Å². The van der Waals surface area contributed by atoms with E-state index in [2.05, 4.69) is 36.3 Å². The molecule has 0 saturated carbocycles. The fraction of sp³-hybridized carbons (Fsp3) is 0.643. The quantitative estimate of drug-likeness (QED) is 0.835. The highest BCUT2D eigenvalue weighted by molar-refractivity contribution is 7.09. The van der Waals surface area contributed by atoms with Gasteiger partial charge in [-0.05, 0) is 17.4 Å². The van der Waals surface area contributed by atoms with Crippen LogP contribution in [0.3, 0.4) is 0 Å². The van der Waals surface area contributed by atoms with Gasteiger partial charge in [-0.1, -0.05) is 19.9 Å². The van der Waals surface area contributed by atoms with Crippen LogP contribution in [0.4, 0.5) is 0 Å². The van der Waals surface area contributed by atoms with E-state index in [1.807, 2.05) is 4.90 Å². The number of carbonyl (C=O) groups excluding carboxylic acids is 1. The zero-order valence-corrected chi connectivity index (χ0v) is 12.1. The molecule has 1 aromatic rings. The number of amides is 1. The summed E-state index contributed by atoms with van der Waals surface area (Å²) in [4.78, 5) is 17.8. The van der Waals surface area contributed by atoms with Crippen molar-refractivity contribution in [3.8, 4) is 0 Å². The van der Waals surface area contributed by atoms with Crippen LogP contribution in [0.5, 0.6) is 0 Å². The summed E-state index contributed by atoms with van der Waals surface area (Å²) in [5.41, 5.74) is 0. The molecule has 1 saturated heterocycles. The Bertz CT molecular complexity index is 375. The standard InChI is InChI=1S/C14H22N2OS/c1-12(2)10-16-8-7-15(6-5-14(16)17)11-13-4-3-9-18-13/h3-4,9,12H,5-8,10-11H2,1-2H3. The van der Waals surface area contributed by atoms with Crippen LogP contribution in [0, 0.1) is 5.92 Å². The van der Waals surface area contributed by atoms with Crippen LogP contribution in [-0.4, -0.2) is 41.9 Å². The second-order valence-corrected chi connectivity index (χ2v) is 6.37. The molecule has 0 unspecified atom stereocenters. The van der Waals surface area contributed by atoms with Gasteiger partial charge in [0.25, 0.3) is 0 Å². The highest BCUT2D eigenvalue weighted by atomic mass is 32.1. The first-order valence-corrected chi connectivity index (χ1v) is 7.55. The number of carbonyl (C=O) groups is 1. The van der Waals surface area contributed by atoms with Crippen molar-refractivity contribution < 1.29 is 4.79 Å². The van der Waals surface area contributed by atoms with E-state index in [1.54, 1.807) is 11.3 Å². The topological polar surface area (TPSA) is 23.6 Å². The van der Waals surface area contributed by atoms with Gasteiger partial charge in [-0.25, -0.2) is 0 Å². The Morgan fingerprint density at radius 2 is 2.17 bits per heavy atom. The number of nitrogens with zero attached hydrogens (tertiary/aromatic N) is 2. The molecule has 18 heavy (non-hydrogen) atoms. The summed E-state index contributed by atoms with van der Waals surface area (Å²) in [5, 5.41) is 2.11. The monoisotopic (exact) mass is 266 g/mol. The van der Waals surface area contributed by atoms with Crippen molar-refractivity contribution in [2.75, 3.05) is 26.2 Å². The van der Waals surface area contributed by atoms with Gasteiger partial charge in [0.05, 0.1) is 0 Å². The first kappa shape index (κ1) is 13.6. The maximum atomic E-state index is 12.0. The zero-order chi connectivity index (χ0) is 13.0. The van der Waals surface area contributed by atoms with Gasteiger partial charge in [0.2, 0.25) is 5.91 Å². The highest BCUT2D eigenvalue weighted by Crippen LogP contribution is 2.14.